The summed E-state index contributed by atoms with van der Waals surface area (Å²) in [6, 6.07) is 0. The number of hydrogen-bond donors (Lipinski definition) is 3. The summed E-state index contributed by atoms with van der Waals surface area (Å²) in [7, 11) is 0. The van der Waals surface area contributed by atoms with Crippen LogP contribution in [0.5, 0.6) is 0 Å². The van der Waals surface area contributed by atoms with Gasteiger partial charge in [0.15, 0.2) is 0 Å². The van der Waals surface area contributed by atoms with Crippen molar-refractivity contribution in [2.75, 3.05) is 13.1 Å². The normalized spacial score (nSPS) is 24.7. The number of rotatable bonds is 8. The highest BCUT2D eigenvalue weighted by Gasteiger charge is 2.23. The van der Waals surface area contributed by atoms with Gasteiger partial charge in [0.05, 0.1) is 6.10 Å². The first-order chi connectivity index (χ1) is 9.02. The summed E-state index contributed by atoms with van der Waals surface area (Å²) < 4.78 is 0. The maximum atomic E-state index is 11.8. The van der Waals surface area contributed by atoms with Crippen molar-refractivity contribution in [3.05, 3.63) is 0 Å². The predicted molar refractivity (Wildman–Crippen MR) is 77.6 cm³/mol. The average Bonchev–Trinajstić information content (AvgIpc) is 2.77. The molecule has 19 heavy (non-hydrogen) atoms. The Balaban J connectivity index is 2.16. The number of nitrogens with one attached hydrogen (secondary N) is 1. The van der Waals surface area contributed by atoms with Gasteiger partial charge in [0.25, 0.3) is 0 Å². The summed E-state index contributed by atoms with van der Waals surface area (Å²) in [6.07, 6.45) is 5.11. The number of hydrogen-bond acceptors (Lipinski definition) is 3. The van der Waals surface area contributed by atoms with E-state index < -0.39 is 0 Å². The van der Waals surface area contributed by atoms with Crippen LogP contribution in [0.1, 0.15) is 52.4 Å². The smallest absolute Gasteiger partial charge is 0.220 e. The molecule has 0 aromatic heterocycles. The van der Waals surface area contributed by atoms with E-state index in [1.807, 2.05) is 0 Å². The van der Waals surface area contributed by atoms with Crippen molar-refractivity contribution in [1.29, 1.82) is 0 Å². The number of amides is 1. The summed E-state index contributed by atoms with van der Waals surface area (Å²) in [4.78, 5) is 11.8. The van der Waals surface area contributed by atoms with Gasteiger partial charge in [0.1, 0.15) is 0 Å². The van der Waals surface area contributed by atoms with Crippen LogP contribution in [0.25, 0.3) is 0 Å². The van der Waals surface area contributed by atoms with Crippen LogP contribution in [-0.4, -0.2) is 30.2 Å². The van der Waals surface area contributed by atoms with Gasteiger partial charge in [-0.25, -0.2) is 0 Å². The molecule has 0 bridgehead atoms. The van der Waals surface area contributed by atoms with Crippen molar-refractivity contribution in [3.63, 3.8) is 0 Å². The van der Waals surface area contributed by atoms with Crippen molar-refractivity contribution in [2.45, 2.75) is 58.5 Å². The molecule has 1 saturated carbocycles. The minimum Gasteiger partial charge on any atom is -0.393 e. The second-order valence-electron chi connectivity index (χ2n) is 6.26. The highest BCUT2D eigenvalue weighted by Crippen LogP contribution is 2.24. The zero-order chi connectivity index (χ0) is 14.3. The summed E-state index contributed by atoms with van der Waals surface area (Å²) >= 11 is 0. The molecule has 0 aliphatic heterocycles. The standard InChI is InChI=1S/C15H30N2O2/c1-11(2)13(7-8-16)4-6-15(19)17-10-12-3-5-14(18)9-12/h11-14,18H,3-10,16H2,1-2H3,(H,17,19). The molecule has 112 valence electrons. The molecule has 1 fully saturated rings. The minimum atomic E-state index is -0.156. The zero-order valence-electron chi connectivity index (χ0n) is 12.4. The topological polar surface area (TPSA) is 75.4 Å². The van der Waals surface area contributed by atoms with Gasteiger partial charge in [-0.05, 0) is 56.4 Å². The Labute approximate surface area is 117 Å². The van der Waals surface area contributed by atoms with Gasteiger partial charge in [0.2, 0.25) is 5.91 Å². The van der Waals surface area contributed by atoms with Crippen LogP contribution >= 0.6 is 0 Å². The van der Waals surface area contributed by atoms with Crippen molar-refractivity contribution in [2.24, 2.45) is 23.5 Å². The molecule has 1 aliphatic carbocycles. The minimum absolute atomic E-state index is 0.143. The zero-order valence-corrected chi connectivity index (χ0v) is 12.4. The van der Waals surface area contributed by atoms with Crippen molar-refractivity contribution in [3.8, 4) is 0 Å². The molecule has 1 amide bonds. The van der Waals surface area contributed by atoms with Crippen molar-refractivity contribution in [1.82, 2.24) is 5.32 Å². The summed E-state index contributed by atoms with van der Waals surface area (Å²) in [6.45, 7) is 5.81. The molecule has 0 aromatic rings. The van der Waals surface area contributed by atoms with Crippen LogP contribution in [0.2, 0.25) is 0 Å². The lowest BCUT2D eigenvalue weighted by Crippen LogP contribution is -2.29. The number of carbonyl (C=O) groups is 1. The molecule has 0 heterocycles. The van der Waals surface area contributed by atoms with Crippen LogP contribution in [0, 0.1) is 17.8 Å². The Hall–Kier alpha value is -0.610. The van der Waals surface area contributed by atoms with Gasteiger partial charge in [-0.1, -0.05) is 13.8 Å². The van der Waals surface area contributed by atoms with Gasteiger partial charge in [-0.15, -0.1) is 0 Å². The van der Waals surface area contributed by atoms with E-state index in [1.54, 1.807) is 0 Å². The van der Waals surface area contributed by atoms with Crippen LogP contribution in [0.4, 0.5) is 0 Å². The molecule has 4 heteroatoms. The lowest BCUT2D eigenvalue weighted by atomic mass is 9.88. The molecule has 4 N–H and O–H groups in total. The lowest BCUT2D eigenvalue weighted by Gasteiger charge is -2.20. The summed E-state index contributed by atoms with van der Waals surface area (Å²) in [5.41, 5.74) is 5.60. The van der Waals surface area contributed by atoms with Gasteiger partial charge in [-0.2, -0.15) is 0 Å². The van der Waals surface area contributed by atoms with E-state index in [2.05, 4.69) is 19.2 Å². The van der Waals surface area contributed by atoms with Crippen LogP contribution in [0.15, 0.2) is 0 Å². The summed E-state index contributed by atoms with van der Waals surface area (Å²) in [5.74, 6) is 1.73. The fourth-order valence-corrected chi connectivity index (χ4v) is 2.92. The fraction of sp³-hybridized carbons (Fsp3) is 0.933. The van der Waals surface area contributed by atoms with Gasteiger partial charge in [0, 0.05) is 13.0 Å². The number of aliphatic hydroxyl groups excluding tert-OH is 1. The molecule has 1 aliphatic rings. The van der Waals surface area contributed by atoms with E-state index in [0.29, 0.717) is 30.7 Å². The first-order valence-electron chi connectivity index (χ1n) is 7.67. The van der Waals surface area contributed by atoms with Crippen molar-refractivity contribution >= 4 is 5.91 Å². The molecule has 0 saturated heterocycles. The Kier molecular flexibility index (Phi) is 7.39. The largest absolute Gasteiger partial charge is 0.393 e. The molecule has 0 radical (unpaired) electrons. The van der Waals surface area contributed by atoms with E-state index in [1.165, 1.54) is 0 Å². The Morgan fingerprint density at radius 1 is 1.37 bits per heavy atom. The Morgan fingerprint density at radius 3 is 2.63 bits per heavy atom. The molecule has 1 rings (SSSR count). The molecule has 3 unspecified atom stereocenters. The third kappa shape index (κ3) is 6.39. The molecule has 0 spiro atoms. The van der Waals surface area contributed by atoms with E-state index in [4.69, 9.17) is 5.73 Å². The molecule has 4 nitrogen and oxygen atoms in total. The number of aliphatic hydroxyl groups is 1. The number of carbonyl (C=O) groups excluding carboxylic acids is 1. The maximum Gasteiger partial charge on any atom is 0.220 e. The highest BCUT2D eigenvalue weighted by atomic mass is 16.3. The third-order valence-corrected chi connectivity index (χ3v) is 4.32. The summed E-state index contributed by atoms with van der Waals surface area (Å²) in [5, 5.41) is 12.4. The second kappa shape index (κ2) is 8.54. The van der Waals surface area contributed by atoms with E-state index in [0.717, 1.165) is 38.6 Å². The first-order valence-corrected chi connectivity index (χ1v) is 7.67. The molecule has 3 atom stereocenters. The fourth-order valence-electron chi connectivity index (χ4n) is 2.92. The monoisotopic (exact) mass is 270 g/mol. The Bertz CT molecular complexity index is 269. The van der Waals surface area contributed by atoms with E-state index in [9.17, 15) is 9.90 Å². The Morgan fingerprint density at radius 2 is 2.11 bits per heavy atom. The van der Waals surface area contributed by atoms with Crippen molar-refractivity contribution < 1.29 is 9.90 Å². The van der Waals surface area contributed by atoms with Crippen LogP contribution < -0.4 is 11.1 Å². The van der Waals surface area contributed by atoms with E-state index >= 15 is 0 Å². The SMILES string of the molecule is CC(C)C(CCN)CCC(=O)NCC1CCC(O)C1. The van der Waals surface area contributed by atoms with Gasteiger partial charge >= 0.3 is 0 Å². The quantitative estimate of drug-likeness (QED) is 0.628. The van der Waals surface area contributed by atoms with E-state index in [-0.39, 0.29) is 12.0 Å². The average molecular weight is 270 g/mol. The molecular formula is C15H30N2O2. The second-order valence-corrected chi connectivity index (χ2v) is 6.26. The van der Waals surface area contributed by atoms with Gasteiger partial charge in [-0.3, -0.25) is 4.79 Å². The first kappa shape index (κ1) is 16.4. The van der Waals surface area contributed by atoms with Crippen LogP contribution in [0.3, 0.4) is 0 Å². The third-order valence-electron chi connectivity index (χ3n) is 4.32. The number of nitrogens with two attached hydrogens (primary N) is 1. The predicted octanol–water partition coefficient (Wildman–Crippen LogP) is 1.66. The molecule has 0 aromatic carbocycles. The molecular weight excluding hydrogens is 240 g/mol. The lowest BCUT2D eigenvalue weighted by molar-refractivity contribution is -0.121. The highest BCUT2D eigenvalue weighted by molar-refractivity contribution is 5.75. The van der Waals surface area contributed by atoms with Crippen LogP contribution in [-0.2, 0) is 4.79 Å². The van der Waals surface area contributed by atoms with Gasteiger partial charge < -0.3 is 16.2 Å². The maximum absolute atomic E-state index is 11.8.